The average molecular weight is 306 g/mol. The van der Waals surface area contributed by atoms with Crippen LogP contribution in [-0.4, -0.2) is 23.2 Å². The van der Waals surface area contributed by atoms with Gasteiger partial charge in [-0.2, -0.15) is 0 Å². The van der Waals surface area contributed by atoms with E-state index in [2.05, 4.69) is 5.32 Å². The molecule has 1 atom stereocenters. The van der Waals surface area contributed by atoms with Crippen LogP contribution in [0, 0.1) is 0 Å². The van der Waals surface area contributed by atoms with Crippen LogP contribution in [0.1, 0.15) is 26.3 Å². The third kappa shape index (κ3) is 4.56. The lowest BCUT2D eigenvalue weighted by atomic mass is 10.2. The van der Waals surface area contributed by atoms with Gasteiger partial charge < -0.3 is 15.2 Å². The first-order chi connectivity index (χ1) is 8.85. The lowest BCUT2D eigenvalue weighted by Crippen LogP contribution is -2.40. The van der Waals surface area contributed by atoms with Crippen molar-refractivity contribution in [3.8, 4) is 5.75 Å². The first-order valence-electron chi connectivity index (χ1n) is 5.91. The van der Waals surface area contributed by atoms with Crippen molar-refractivity contribution in [3.63, 3.8) is 0 Å². The Balaban J connectivity index is 2.90. The third-order valence-electron chi connectivity index (χ3n) is 2.35. The summed E-state index contributed by atoms with van der Waals surface area (Å²) in [6.45, 7) is 5.07. The van der Waals surface area contributed by atoms with E-state index in [1.165, 1.54) is 6.07 Å². The number of aliphatic hydroxyl groups excluding tert-OH is 1. The Hall–Kier alpha value is -0.970. The number of amides is 1. The fourth-order valence-corrected chi connectivity index (χ4v) is 2.08. The molecule has 2 N–H and O–H groups in total. The molecule has 1 unspecified atom stereocenters. The van der Waals surface area contributed by atoms with Crippen LogP contribution in [-0.2, 0) is 11.4 Å². The summed E-state index contributed by atoms with van der Waals surface area (Å²) in [5.74, 6) is 0.0323. The van der Waals surface area contributed by atoms with E-state index in [0.29, 0.717) is 10.6 Å². The normalized spacial score (nSPS) is 12.4. The van der Waals surface area contributed by atoms with E-state index in [-0.39, 0.29) is 29.3 Å². The smallest absolute Gasteiger partial charge is 0.260 e. The number of halogens is 2. The standard InChI is InChI=1S/C13H17Cl2NO3/c1-7(2)16-13(18)8(3)19-12-9(6-17)4-10(14)5-11(12)15/h4-5,7-8,17H,6H2,1-3H3,(H,16,18). The Morgan fingerprint density at radius 1 is 1.37 bits per heavy atom. The van der Waals surface area contributed by atoms with Gasteiger partial charge in [-0.3, -0.25) is 4.79 Å². The highest BCUT2D eigenvalue weighted by Gasteiger charge is 2.19. The summed E-state index contributed by atoms with van der Waals surface area (Å²) >= 11 is 11.9. The minimum absolute atomic E-state index is 0.0246. The van der Waals surface area contributed by atoms with Crippen LogP contribution in [0.15, 0.2) is 12.1 Å². The largest absolute Gasteiger partial charge is 0.479 e. The second-order valence-corrected chi connectivity index (χ2v) is 5.30. The predicted molar refractivity (Wildman–Crippen MR) is 75.8 cm³/mol. The summed E-state index contributed by atoms with van der Waals surface area (Å²) in [5, 5.41) is 12.7. The quantitative estimate of drug-likeness (QED) is 0.879. The molecule has 1 aromatic rings. The van der Waals surface area contributed by atoms with Gasteiger partial charge in [-0.1, -0.05) is 23.2 Å². The van der Waals surface area contributed by atoms with Crippen LogP contribution in [0.4, 0.5) is 0 Å². The SMILES string of the molecule is CC(C)NC(=O)C(C)Oc1c(Cl)cc(Cl)cc1CO. The van der Waals surface area contributed by atoms with Gasteiger partial charge in [0.1, 0.15) is 5.75 Å². The number of hydrogen-bond acceptors (Lipinski definition) is 3. The van der Waals surface area contributed by atoms with Gasteiger partial charge in [0.15, 0.2) is 6.10 Å². The molecular formula is C13H17Cl2NO3. The van der Waals surface area contributed by atoms with Crippen LogP contribution in [0.5, 0.6) is 5.75 Å². The average Bonchev–Trinajstić information content (AvgIpc) is 2.30. The molecule has 106 valence electrons. The Labute approximate surface area is 122 Å². The summed E-state index contributed by atoms with van der Waals surface area (Å²) in [7, 11) is 0. The maximum Gasteiger partial charge on any atom is 0.260 e. The summed E-state index contributed by atoms with van der Waals surface area (Å²) in [6, 6.07) is 3.08. The molecule has 0 aliphatic rings. The highest BCUT2D eigenvalue weighted by atomic mass is 35.5. The van der Waals surface area contributed by atoms with Gasteiger partial charge in [-0.15, -0.1) is 0 Å². The first-order valence-corrected chi connectivity index (χ1v) is 6.66. The molecular weight excluding hydrogens is 289 g/mol. The van der Waals surface area contributed by atoms with Crippen molar-refractivity contribution >= 4 is 29.1 Å². The predicted octanol–water partition coefficient (Wildman–Crippen LogP) is 2.78. The van der Waals surface area contributed by atoms with E-state index in [0.717, 1.165) is 0 Å². The van der Waals surface area contributed by atoms with Gasteiger partial charge in [0.2, 0.25) is 0 Å². The van der Waals surface area contributed by atoms with Crippen LogP contribution >= 0.6 is 23.2 Å². The summed E-state index contributed by atoms with van der Waals surface area (Å²) in [6.07, 6.45) is -0.716. The zero-order valence-electron chi connectivity index (χ0n) is 11.0. The number of rotatable bonds is 5. The van der Waals surface area contributed by atoms with E-state index < -0.39 is 6.10 Å². The van der Waals surface area contributed by atoms with Crippen molar-refractivity contribution in [1.29, 1.82) is 0 Å². The second kappa shape index (κ2) is 6.98. The zero-order chi connectivity index (χ0) is 14.6. The number of nitrogens with one attached hydrogen (secondary N) is 1. The monoisotopic (exact) mass is 305 g/mol. The van der Waals surface area contributed by atoms with Gasteiger partial charge >= 0.3 is 0 Å². The molecule has 0 spiro atoms. The fourth-order valence-electron chi connectivity index (χ4n) is 1.50. The minimum atomic E-state index is -0.716. The molecule has 19 heavy (non-hydrogen) atoms. The topological polar surface area (TPSA) is 58.6 Å². The molecule has 0 aromatic heterocycles. The molecule has 0 aliphatic heterocycles. The molecule has 0 aliphatic carbocycles. The Morgan fingerprint density at radius 3 is 2.53 bits per heavy atom. The molecule has 1 rings (SSSR count). The number of aliphatic hydroxyl groups is 1. The van der Waals surface area contributed by atoms with Crippen LogP contribution < -0.4 is 10.1 Å². The maximum absolute atomic E-state index is 11.8. The van der Waals surface area contributed by atoms with Gasteiger partial charge in [0, 0.05) is 16.6 Å². The third-order valence-corrected chi connectivity index (χ3v) is 2.85. The van der Waals surface area contributed by atoms with Gasteiger partial charge in [0.05, 0.1) is 11.6 Å². The molecule has 0 heterocycles. The Bertz CT molecular complexity index is 463. The van der Waals surface area contributed by atoms with Crippen molar-refractivity contribution in [1.82, 2.24) is 5.32 Å². The molecule has 0 radical (unpaired) electrons. The van der Waals surface area contributed by atoms with Crippen molar-refractivity contribution < 1.29 is 14.6 Å². The van der Waals surface area contributed by atoms with Crippen LogP contribution in [0.2, 0.25) is 10.0 Å². The number of hydrogen-bond donors (Lipinski definition) is 2. The molecule has 1 amide bonds. The van der Waals surface area contributed by atoms with Crippen molar-refractivity contribution in [2.45, 2.75) is 39.5 Å². The van der Waals surface area contributed by atoms with Crippen LogP contribution in [0.3, 0.4) is 0 Å². The van der Waals surface area contributed by atoms with Gasteiger partial charge in [0.25, 0.3) is 5.91 Å². The van der Waals surface area contributed by atoms with E-state index in [4.69, 9.17) is 27.9 Å². The lowest BCUT2D eigenvalue weighted by Gasteiger charge is -2.19. The first kappa shape index (κ1) is 16.1. The van der Waals surface area contributed by atoms with Crippen molar-refractivity contribution in [3.05, 3.63) is 27.7 Å². The number of ether oxygens (including phenoxy) is 1. The summed E-state index contributed by atoms with van der Waals surface area (Å²) < 4.78 is 5.52. The van der Waals surface area contributed by atoms with E-state index in [9.17, 15) is 9.90 Å². The highest BCUT2D eigenvalue weighted by molar-refractivity contribution is 6.35. The molecule has 1 aromatic carbocycles. The number of benzene rings is 1. The molecule has 0 saturated carbocycles. The molecule has 0 saturated heterocycles. The highest BCUT2D eigenvalue weighted by Crippen LogP contribution is 2.33. The van der Waals surface area contributed by atoms with E-state index in [1.807, 2.05) is 13.8 Å². The fraction of sp³-hybridized carbons (Fsp3) is 0.462. The second-order valence-electron chi connectivity index (χ2n) is 4.46. The van der Waals surface area contributed by atoms with Crippen LogP contribution in [0.25, 0.3) is 0 Å². The minimum Gasteiger partial charge on any atom is -0.479 e. The Kier molecular flexibility index (Phi) is 5.91. The molecule has 0 fully saturated rings. The van der Waals surface area contributed by atoms with E-state index in [1.54, 1.807) is 13.0 Å². The molecule has 6 heteroatoms. The van der Waals surface area contributed by atoms with Crippen molar-refractivity contribution in [2.75, 3.05) is 0 Å². The molecule has 4 nitrogen and oxygen atoms in total. The summed E-state index contributed by atoms with van der Waals surface area (Å²) in [4.78, 5) is 11.8. The maximum atomic E-state index is 11.8. The lowest BCUT2D eigenvalue weighted by molar-refractivity contribution is -0.127. The zero-order valence-corrected chi connectivity index (χ0v) is 12.5. The van der Waals surface area contributed by atoms with Gasteiger partial charge in [-0.05, 0) is 32.9 Å². The molecule has 0 bridgehead atoms. The summed E-state index contributed by atoms with van der Waals surface area (Å²) in [5.41, 5.74) is 0.446. The van der Waals surface area contributed by atoms with E-state index >= 15 is 0 Å². The Morgan fingerprint density at radius 2 is 2.00 bits per heavy atom. The number of carbonyl (C=O) groups excluding carboxylic acids is 1. The van der Waals surface area contributed by atoms with Gasteiger partial charge in [-0.25, -0.2) is 0 Å². The van der Waals surface area contributed by atoms with Crippen molar-refractivity contribution in [2.24, 2.45) is 0 Å². The number of carbonyl (C=O) groups is 1.